The largest absolute Gasteiger partial charge is 0.450 e. The second-order valence-electron chi connectivity index (χ2n) is 5.94. The van der Waals surface area contributed by atoms with Crippen molar-refractivity contribution in [1.29, 1.82) is 0 Å². The van der Waals surface area contributed by atoms with Crippen LogP contribution >= 0.6 is 0 Å². The third-order valence-corrected chi connectivity index (χ3v) is 3.69. The Kier molecular flexibility index (Phi) is 9.43. The zero-order valence-electron chi connectivity index (χ0n) is 15.0. The Morgan fingerprint density at radius 1 is 1.17 bits per heavy atom. The fourth-order valence-corrected chi connectivity index (χ4v) is 2.30. The molecule has 0 aromatic rings. The van der Waals surface area contributed by atoms with Crippen LogP contribution in [0.25, 0.3) is 0 Å². The number of carbonyl (C=O) groups is 1. The van der Waals surface area contributed by atoms with Crippen LogP contribution in [0.15, 0.2) is 4.99 Å². The van der Waals surface area contributed by atoms with Gasteiger partial charge in [0.1, 0.15) is 0 Å². The van der Waals surface area contributed by atoms with Crippen LogP contribution in [0.2, 0.25) is 0 Å². The molecule has 134 valence electrons. The van der Waals surface area contributed by atoms with Crippen LogP contribution in [0.4, 0.5) is 4.79 Å². The normalized spacial score (nSPS) is 16.0. The average molecular weight is 328 g/mol. The van der Waals surface area contributed by atoms with Crippen molar-refractivity contribution in [2.45, 2.75) is 27.2 Å². The van der Waals surface area contributed by atoms with Gasteiger partial charge >= 0.3 is 6.09 Å². The van der Waals surface area contributed by atoms with Gasteiger partial charge in [-0.05, 0) is 19.3 Å². The van der Waals surface area contributed by atoms with E-state index in [9.17, 15) is 4.79 Å². The third-order valence-electron chi connectivity index (χ3n) is 3.69. The Balaban J connectivity index is 2.22. The number of hydrogen-bond acceptors (Lipinski definition) is 4. The van der Waals surface area contributed by atoms with E-state index in [1.54, 1.807) is 11.9 Å². The van der Waals surface area contributed by atoms with E-state index in [2.05, 4.69) is 29.1 Å². The van der Waals surface area contributed by atoms with Gasteiger partial charge < -0.3 is 24.6 Å². The van der Waals surface area contributed by atoms with Crippen molar-refractivity contribution in [3.8, 4) is 0 Å². The summed E-state index contributed by atoms with van der Waals surface area (Å²) >= 11 is 0. The van der Waals surface area contributed by atoms with Crippen molar-refractivity contribution in [3.05, 3.63) is 0 Å². The quantitative estimate of drug-likeness (QED) is 0.435. The molecule has 0 bridgehead atoms. The van der Waals surface area contributed by atoms with Crippen molar-refractivity contribution in [1.82, 2.24) is 15.1 Å². The first-order valence-corrected chi connectivity index (χ1v) is 8.53. The van der Waals surface area contributed by atoms with Gasteiger partial charge in [0.05, 0.1) is 13.2 Å². The van der Waals surface area contributed by atoms with Crippen molar-refractivity contribution in [2.24, 2.45) is 10.9 Å². The highest BCUT2D eigenvalue weighted by molar-refractivity contribution is 5.80. The Bertz CT molecular complexity index is 366. The zero-order valence-corrected chi connectivity index (χ0v) is 15.0. The van der Waals surface area contributed by atoms with Gasteiger partial charge in [0.15, 0.2) is 5.96 Å². The van der Waals surface area contributed by atoms with Gasteiger partial charge in [0.2, 0.25) is 0 Å². The predicted octanol–water partition coefficient (Wildman–Crippen LogP) is 1.40. The molecule has 1 fully saturated rings. The van der Waals surface area contributed by atoms with Gasteiger partial charge in [0, 0.05) is 46.4 Å². The Hall–Kier alpha value is -1.50. The summed E-state index contributed by atoms with van der Waals surface area (Å²) in [5.74, 6) is 1.53. The summed E-state index contributed by atoms with van der Waals surface area (Å²) in [7, 11) is 1.78. The zero-order chi connectivity index (χ0) is 17.1. The van der Waals surface area contributed by atoms with Gasteiger partial charge in [-0.15, -0.1) is 0 Å². The van der Waals surface area contributed by atoms with E-state index in [0.717, 1.165) is 38.6 Å². The minimum atomic E-state index is -0.228. The Morgan fingerprint density at radius 3 is 2.39 bits per heavy atom. The summed E-state index contributed by atoms with van der Waals surface area (Å²) in [5, 5.41) is 3.31. The number of piperazine rings is 1. The van der Waals surface area contributed by atoms with E-state index >= 15 is 0 Å². The predicted molar refractivity (Wildman–Crippen MR) is 91.8 cm³/mol. The minimum Gasteiger partial charge on any atom is -0.450 e. The maximum Gasteiger partial charge on any atom is 0.409 e. The molecule has 0 atom stereocenters. The second kappa shape index (κ2) is 11.1. The Morgan fingerprint density at radius 2 is 1.83 bits per heavy atom. The molecule has 23 heavy (non-hydrogen) atoms. The molecule has 7 heteroatoms. The van der Waals surface area contributed by atoms with E-state index in [-0.39, 0.29) is 6.09 Å². The highest BCUT2D eigenvalue weighted by Gasteiger charge is 2.23. The van der Waals surface area contributed by atoms with Crippen LogP contribution in [0.5, 0.6) is 0 Å². The lowest BCUT2D eigenvalue weighted by Crippen LogP contribution is -2.54. The number of carbonyl (C=O) groups excluding carboxylic acids is 1. The van der Waals surface area contributed by atoms with Crippen molar-refractivity contribution < 1.29 is 14.3 Å². The summed E-state index contributed by atoms with van der Waals surface area (Å²) in [5.41, 5.74) is 0. The molecule has 1 saturated heterocycles. The summed E-state index contributed by atoms with van der Waals surface area (Å²) in [6.07, 6.45) is 0.860. The molecule has 1 heterocycles. The van der Waals surface area contributed by atoms with E-state index in [4.69, 9.17) is 9.47 Å². The van der Waals surface area contributed by atoms with Crippen LogP contribution in [0, 0.1) is 5.92 Å². The highest BCUT2D eigenvalue weighted by Crippen LogP contribution is 2.04. The van der Waals surface area contributed by atoms with Crippen LogP contribution in [-0.4, -0.2) is 81.4 Å². The smallest absolute Gasteiger partial charge is 0.409 e. The van der Waals surface area contributed by atoms with Gasteiger partial charge in [-0.3, -0.25) is 4.99 Å². The molecule has 1 amide bonds. The molecule has 7 nitrogen and oxygen atoms in total. The SMILES string of the molecule is CCOC(=O)N1CCN(C(=NC)NCCOCCC(C)C)CC1. The molecular formula is C16H32N4O3. The molecule has 0 radical (unpaired) electrons. The van der Waals surface area contributed by atoms with E-state index in [1.165, 1.54) is 0 Å². The van der Waals surface area contributed by atoms with Gasteiger partial charge in [-0.1, -0.05) is 13.8 Å². The molecule has 0 saturated carbocycles. The van der Waals surface area contributed by atoms with Crippen LogP contribution in [-0.2, 0) is 9.47 Å². The molecule has 0 aromatic carbocycles. The second-order valence-corrected chi connectivity index (χ2v) is 5.94. The maximum absolute atomic E-state index is 11.7. The number of amides is 1. The van der Waals surface area contributed by atoms with Crippen molar-refractivity contribution in [2.75, 3.05) is 59.6 Å². The lowest BCUT2D eigenvalue weighted by atomic mass is 10.1. The number of aliphatic imine (C=N–C) groups is 1. The number of rotatable bonds is 7. The number of guanidine groups is 1. The number of hydrogen-bond donors (Lipinski definition) is 1. The first-order chi connectivity index (χ1) is 11.1. The number of ether oxygens (including phenoxy) is 2. The molecule has 0 spiro atoms. The average Bonchev–Trinajstić information content (AvgIpc) is 2.54. The highest BCUT2D eigenvalue weighted by atomic mass is 16.6. The first-order valence-electron chi connectivity index (χ1n) is 8.53. The first kappa shape index (κ1) is 19.5. The number of nitrogens with one attached hydrogen (secondary N) is 1. The molecule has 1 rings (SSSR count). The molecule has 1 N–H and O–H groups in total. The van der Waals surface area contributed by atoms with Crippen molar-refractivity contribution >= 4 is 12.1 Å². The molecule has 0 unspecified atom stereocenters. The van der Waals surface area contributed by atoms with Crippen LogP contribution in [0.3, 0.4) is 0 Å². The fraction of sp³-hybridized carbons (Fsp3) is 0.875. The van der Waals surface area contributed by atoms with Crippen LogP contribution < -0.4 is 5.32 Å². The fourth-order valence-electron chi connectivity index (χ4n) is 2.30. The molecule has 0 aliphatic carbocycles. The summed E-state index contributed by atoms with van der Waals surface area (Å²) in [6.45, 7) is 11.7. The van der Waals surface area contributed by atoms with Gasteiger partial charge in [-0.25, -0.2) is 4.79 Å². The van der Waals surface area contributed by atoms with Gasteiger partial charge in [-0.2, -0.15) is 0 Å². The minimum absolute atomic E-state index is 0.228. The molecular weight excluding hydrogens is 296 g/mol. The summed E-state index contributed by atoms with van der Waals surface area (Å²) in [4.78, 5) is 19.9. The maximum atomic E-state index is 11.7. The lowest BCUT2D eigenvalue weighted by molar-refractivity contribution is 0.0911. The lowest BCUT2D eigenvalue weighted by Gasteiger charge is -2.35. The standard InChI is InChI=1S/C16H32N4O3/c1-5-23-16(21)20-10-8-19(9-11-20)15(17-4)18-7-13-22-12-6-14(2)3/h14H,5-13H2,1-4H3,(H,17,18). The molecule has 1 aliphatic heterocycles. The number of nitrogens with zero attached hydrogens (tertiary/aromatic N) is 3. The van der Waals surface area contributed by atoms with E-state index in [1.807, 2.05) is 6.92 Å². The molecule has 0 aromatic heterocycles. The van der Waals surface area contributed by atoms with Crippen LogP contribution in [0.1, 0.15) is 27.2 Å². The summed E-state index contributed by atoms with van der Waals surface area (Å²) < 4.78 is 10.6. The van der Waals surface area contributed by atoms with E-state index < -0.39 is 0 Å². The monoisotopic (exact) mass is 328 g/mol. The topological polar surface area (TPSA) is 66.4 Å². The van der Waals surface area contributed by atoms with Crippen molar-refractivity contribution in [3.63, 3.8) is 0 Å². The van der Waals surface area contributed by atoms with Gasteiger partial charge in [0.25, 0.3) is 0 Å². The third kappa shape index (κ3) is 7.54. The Labute approximate surface area is 140 Å². The summed E-state index contributed by atoms with van der Waals surface area (Å²) in [6, 6.07) is 0. The molecule has 1 aliphatic rings. The van der Waals surface area contributed by atoms with E-state index in [0.29, 0.717) is 32.2 Å².